The van der Waals surface area contributed by atoms with Gasteiger partial charge in [-0.05, 0) is 30.7 Å². The molecule has 0 amide bonds. The lowest BCUT2D eigenvalue weighted by molar-refractivity contribution is 0.0696. The Morgan fingerprint density at radius 1 is 1.67 bits per heavy atom. The van der Waals surface area contributed by atoms with Gasteiger partial charge in [0.1, 0.15) is 4.34 Å². The molecular weight excluding hydrogens is 232 g/mol. The van der Waals surface area contributed by atoms with Gasteiger partial charge in [0.15, 0.2) is 0 Å². The quantitative estimate of drug-likeness (QED) is 0.863. The maximum Gasteiger partial charge on any atom is 0.338 e. The first-order valence-electron chi connectivity index (χ1n) is 5.16. The monoisotopic (exact) mass is 244 g/mol. The van der Waals surface area contributed by atoms with Gasteiger partial charge in [0, 0.05) is 4.88 Å². The van der Waals surface area contributed by atoms with Gasteiger partial charge in [0.2, 0.25) is 0 Å². The van der Waals surface area contributed by atoms with Crippen LogP contribution < -0.4 is 0 Å². The highest BCUT2D eigenvalue weighted by molar-refractivity contribution is 7.16. The van der Waals surface area contributed by atoms with Crippen molar-refractivity contribution in [2.75, 3.05) is 0 Å². The third-order valence-electron chi connectivity index (χ3n) is 3.12. The molecule has 2 nitrogen and oxygen atoms in total. The Hall–Kier alpha value is -0.540. The van der Waals surface area contributed by atoms with E-state index >= 15 is 0 Å². The molecule has 1 N–H and O–H groups in total. The fourth-order valence-electron chi connectivity index (χ4n) is 2.18. The molecule has 1 atom stereocenters. The van der Waals surface area contributed by atoms with Crippen molar-refractivity contribution in [3.63, 3.8) is 0 Å². The third kappa shape index (κ3) is 1.91. The van der Waals surface area contributed by atoms with Crippen molar-refractivity contribution < 1.29 is 9.90 Å². The van der Waals surface area contributed by atoms with Crippen molar-refractivity contribution in [3.05, 3.63) is 20.3 Å². The molecular formula is C11H13ClO2S. The average Bonchev–Trinajstić information content (AvgIpc) is 2.52. The van der Waals surface area contributed by atoms with Gasteiger partial charge < -0.3 is 5.11 Å². The number of carboxylic acids is 1. The van der Waals surface area contributed by atoms with Crippen LogP contribution in [0.25, 0.3) is 0 Å². The van der Waals surface area contributed by atoms with Gasteiger partial charge in [-0.15, -0.1) is 11.3 Å². The molecule has 1 aromatic heterocycles. The standard InChI is InChI=1S/C11H13ClO2S/c1-2-6-3-4-7-8(5-6)15-10(12)9(7)11(13)14/h6H,2-5H2,1H3,(H,13,14). The molecule has 2 rings (SSSR count). The average molecular weight is 245 g/mol. The molecule has 1 aliphatic carbocycles. The van der Waals surface area contributed by atoms with Crippen LogP contribution in [0.1, 0.15) is 40.6 Å². The van der Waals surface area contributed by atoms with E-state index in [9.17, 15) is 4.79 Å². The summed E-state index contributed by atoms with van der Waals surface area (Å²) < 4.78 is 0.448. The number of hydrogen-bond acceptors (Lipinski definition) is 2. The van der Waals surface area contributed by atoms with Crippen molar-refractivity contribution in [1.29, 1.82) is 0 Å². The summed E-state index contributed by atoms with van der Waals surface area (Å²) in [5, 5.41) is 9.06. The van der Waals surface area contributed by atoms with Crippen LogP contribution in [0.15, 0.2) is 0 Å². The lowest BCUT2D eigenvalue weighted by Crippen LogP contribution is -2.13. The molecule has 0 fully saturated rings. The minimum atomic E-state index is -0.882. The SMILES string of the molecule is CCC1CCc2c(sc(Cl)c2C(=O)O)C1. The topological polar surface area (TPSA) is 37.3 Å². The number of thiophene rings is 1. The zero-order valence-corrected chi connectivity index (χ0v) is 10.1. The number of fused-ring (bicyclic) bond motifs is 1. The summed E-state index contributed by atoms with van der Waals surface area (Å²) in [7, 11) is 0. The van der Waals surface area contributed by atoms with Gasteiger partial charge >= 0.3 is 5.97 Å². The first kappa shape index (κ1) is 11.0. The van der Waals surface area contributed by atoms with E-state index in [1.165, 1.54) is 16.2 Å². The minimum Gasteiger partial charge on any atom is -0.478 e. The first-order valence-corrected chi connectivity index (χ1v) is 6.36. The number of halogens is 1. The van der Waals surface area contributed by atoms with E-state index in [1.54, 1.807) is 0 Å². The number of aromatic carboxylic acids is 1. The maximum absolute atomic E-state index is 11.0. The summed E-state index contributed by atoms with van der Waals surface area (Å²) in [6.45, 7) is 2.18. The molecule has 0 spiro atoms. The van der Waals surface area contributed by atoms with Crippen molar-refractivity contribution in [3.8, 4) is 0 Å². The summed E-state index contributed by atoms with van der Waals surface area (Å²) in [5.74, 6) is -0.179. The molecule has 1 heterocycles. The predicted octanol–water partition coefficient (Wildman–Crippen LogP) is 3.61. The number of hydrogen-bond donors (Lipinski definition) is 1. The van der Waals surface area contributed by atoms with Crippen LogP contribution in [0.3, 0.4) is 0 Å². The van der Waals surface area contributed by atoms with Crippen LogP contribution in [0.2, 0.25) is 4.34 Å². The second kappa shape index (κ2) is 4.14. The maximum atomic E-state index is 11.0. The normalized spacial score (nSPS) is 20.0. The zero-order chi connectivity index (χ0) is 11.0. The number of carboxylic acid groups (broad SMARTS) is 1. The van der Waals surface area contributed by atoms with E-state index in [4.69, 9.17) is 16.7 Å². The number of rotatable bonds is 2. The van der Waals surface area contributed by atoms with Crippen molar-refractivity contribution >= 4 is 28.9 Å². The van der Waals surface area contributed by atoms with Crippen LogP contribution in [0.5, 0.6) is 0 Å². The van der Waals surface area contributed by atoms with Crippen LogP contribution in [0, 0.1) is 5.92 Å². The Bertz CT molecular complexity index is 398. The molecule has 0 radical (unpaired) electrons. The summed E-state index contributed by atoms with van der Waals surface area (Å²) in [5.41, 5.74) is 1.34. The Morgan fingerprint density at radius 2 is 2.40 bits per heavy atom. The Labute approximate surface area is 97.9 Å². The second-order valence-electron chi connectivity index (χ2n) is 3.97. The molecule has 0 aliphatic heterocycles. The largest absolute Gasteiger partial charge is 0.478 e. The van der Waals surface area contributed by atoms with Gasteiger partial charge in [-0.1, -0.05) is 24.9 Å². The molecule has 0 saturated carbocycles. The third-order valence-corrected chi connectivity index (χ3v) is 4.58. The van der Waals surface area contributed by atoms with Crippen LogP contribution in [-0.4, -0.2) is 11.1 Å². The molecule has 0 bridgehead atoms. The summed E-state index contributed by atoms with van der Waals surface area (Å²) >= 11 is 7.41. The van der Waals surface area contributed by atoms with E-state index < -0.39 is 5.97 Å². The summed E-state index contributed by atoms with van der Waals surface area (Å²) in [6.07, 6.45) is 4.14. The lowest BCUT2D eigenvalue weighted by atomic mass is 9.86. The minimum absolute atomic E-state index is 0.353. The molecule has 0 saturated heterocycles. The molecule has 1 aliphatic rings. The highest BCUT2D eigenvalue weighted by Crippen LogP contribution is 2.39. The highest BCUT2D eigenvalue weighted by Gasteiger charge is 2.27. The second-order valence-corrected chi connectivity index (χ2v) is 5.68. The van der Waals surface area contributed by atoms with Crippen LogP contribution >= 0.6 is 22.9 Å². The Morgan fingerprint density at radius 3 is 3.00 bits per heavy atom. The molecule has 0 aromatic carbocycles. The van der Waals surface area contributed by atoms with Gasteiger partial charge in [-0.3, -0.25) is 0 Å². The smallest absolute Gasteiger partial charge is 0.338 e. The van der Waals surface area contributed by atoms with Crippen LogP contribution in [0.4, 0.5) is 0 Å². The highest BCUT2D eigenvalue weighted by atomic mass is 35.5. The van der Waals surface area contributed by atoms with E-state index in [0.29, 0.717) is 15.8 Å². The molecule has 15 heavy (non-hydrogen) atoms. The Balaban J connectivity index is 2.39. The van der Waals surface area contributed by atoms with Gasteiger partial charge in [-0.2, -0.15) is 0 Å². The van der Waals surface area contributed by atoms with Crippen molar-refractivity contribution in [2.24, 2.45) is 5.92 Å². The van der Waals surface area contributed by atoms with E-state index in [1.807, 2.05) is 0 Å². The van der Waals surface area contributed by atoms with Crippen molar-refractivity contribution in [1.82, 2.24) is 0 Å². The molecule has 82 valence electrons. The summed E-state index contributed by atoms with van der Waals surface area (Å²) in [4.78, 5) is 12.2. The molecule has 4 heteroatoms. The Kier molecular flexibility index (Phi) is 3.03. The van der Waals surface area contributed by atoms with E-state index in [2.05, 4.69) is 6.92 Å². The lowest BCUT2D eigenvalue weighted by Gasteiger charge is -2.20. The van der Waals surface area contributed by atoms with Gasteiger partial charge in [0.05, 0.1) is 5.56 Å². The summed E-state index contributed by atoms with van der Waals surface area (Å²) in [6, 6.07) is 0. The van der Waals surface area contributed by atoms with E-state index in [0.717, 1.165) is 31.2 Å². The van der Waals surface area contributed by atoms with Crippen molar-refractivity contribution in [2.45, 2.75) is 32.6 Å². The zero-order valence-electron chi connectivity index (χ0n) is 8.55. The first-order chi connectivity index (χ1) is 7.13. The molecule has 1 aromatic rings. The van der Waals surface area contributed by atoms with Gasteiger partial charge in [-0.25, -0.2) is 4.79 Å². The number of carbonyl (C=O) groups is 1. The van der Waals surface area contributed by atoms with Gasteiger partial charge in [0.25, 0.3) is 0 Å². The van der Waals surface area contributed by atoms with Crippen LogP contribution in [-0.2, 0) is 12.8 Å². The fourth-order valence-corrected chi connectivity index (χ4v) is 3.83. The van der Waals surface area contributed by atoms with E-state index in [-0.39, 0.29) is 0 Å². The fraction of sp³-hybridized carbons (Fsp3) is 0.545. The predicted molar refractivity (Wildman–Crippen MR) is 62.1 cm³/mol. The molecule has 1 unspecified atom stereocenters.